The van der Waals surface area contributed by atoms with Gasteiger partial charge in [-0.2, -0.15) is 5.26 Å². The van der Waals surface area contributed by atoms with E-state index in [-0.39, 0.29) is 29.5 Å². The number of hydrogen-bond acceptors (Lipinski definition) is 6. The average Bonchev–Trinajstić information content (AvgIpc) is 3.19. The van der Waals surface area contributed by atoms with E-state index in [9.17, 15) is 19.8 Å². The first-order valence-corrected chi connectivity index (χ1v) is 9.76. The Hall–Kier alpha value is -3.83. The summed E-state index contributed by atoms with van der Waals surface area (Å²) in [6, 6.07) is 15.9. The molecule has 3 aromatic rings. The first-order chi connectivity index (χ1) is 14.3. The van der Waals surface area contributed by atoms with Crippen LogP contribution in [-0.2, 0) is 6.54 Å². The van der Waals surface area contributed by atoms with Gasteiger partial charge in [-0.15, -0.1) is 11.3 Å². The van der Waals surface area contributed by atoms with Crippen LogP contribution in [0.15, 0.2) is 54.6 Å². The lowest BCUT2D eigenvalue weighted by molar-refractivity contribution is 0.0827. The van der Waals surface area contributed by atoms with Gasteiger partial charge in [-0.3, -0.25) is 9.59 Å². The van der Waals surface area contributed by atoms with Crippen LogP contribution in [0.1, 0.15) is 30.5 Å². The predicted molar refractivity (Wildman–Crippen MR) is 114 cm³/mol. The fraction of sp³-hybridized carbons (Fsp3) is 0.136. The molecule has 0 aliphatic heterocycles. The molecule has 0 unspecified atom stereocenters. The van der Waals surface area contributed by atoms with Crippen molar-refractivity contribution in [3.05, 3.63) is 75.5 Å². The molecule has 0 aliphatic carbocycles. The summed E-state index contributed by atoms with van der Waals surface area (Å²) >= 11 is 1.27. The minimum absolute atomic E-state index is 0.0262. The molecule has 0 radical (unpaired) electrons. The van der Waals surface area contributed by atoms with Crippen molar-refractivity contribution in [2.24, 2.45) is 0 Å². The van der Waals surface area contributed by atoms with Crippen molar-refractivity contribution in [2.75, 3.05) is 19.0 Å². The molecular formula is C22H19N3O4S. The summed E-state index contributed by atoms with van der Waals surface area (Å²) in [5, 5.41) is 28.7. The molecule has 2 N–H and O–H groups in total. The number of phenolic OH excluding ortho intramolecular Hbond substituents is 2. The summed E-state index contributed by atoms with van der Waals surface area (Å²) in [6.45, 7) is 0.173. The van der Waals surface area contributed by atoms with Gasteiger partial charge in [0, 0.05) is 36.3 Å². The molecule has 8 heteroatoms. The average molecular weight is 421 g/mol. The Morgan fingerprint density at radius 3 is 2.27 bits per heavy atom. The van der Waals surface area contributed by atoms with Gasteiger partial charge in [-0.25, -0.2) is 0 Å². The maximum atomic E-state index is 13.2. The van der Waals surface area contributed by atoms with Crippen molar-refractivity contribution in [3.63, 3.8) is 0 Å². The number of amides is 2. The van der Waals surface area contributed by atoms with Gasteiger partial charge in [0.2, 0.25) is 0 Å². The molecule has 2 amide bonds. The van der Waals surface area contributed by atoms with Crippen molar-refractivity contribution in [3.8, 4) is 17.6 Å². The van der Waals surface area contributed by atoms with E-state index in [2.05, 4.69) is 6.07 Å². The van der Waals surface area contributed by atoms with Crippen LogP contribution in [0, 0.1) is 11.3 Å². The predicted octanol–water partition coefficient (Wildman–Crippen LogP) is 3.58. The quantitative estimate of drug-likeness (QED) is 0.655. The van der Waals surface area contributed by atoms with Crippen molar-refractivity contribution >= 4 is 28.8 Å². The molecule has 0 atom stereocenters. The zero-order valence-electron chi connectivity index (χ0n) is 16.4. The number of aromatic hydroxyl groups is 2. The van der Waals surface area contributed by atoms with Crippen LogP contribution < -0.4 is 4.90 Å². The molecule has 1 heterocycles. The third-order valence-corrected chi connectivity index (χ3v) is 5.35. The highest BCUT2D eigenvalue weighted by Crippen LogP contribution is 2.29. The minimum Gasteiger partial charge on any atom is -0.508 e. The van der Waals surface area contributed by atoms with Gasteiger partial charge < -0.3 is 20.0 Å². The number of hydrogen-bond donors (Lipinski definition) is 2. The van der Waals surface area contributed by atoms with Gasteiger partial charge in [-0.05, 0) is 48.5 Å². The molecule has 0 saturated heterocycles. The highest BCUT2D eigenvalue weighted by atomic mass is 32.1. The standard InChI is InChI=1S/C22H19N3O4S/c1-24(2)21(28)14-3-5-15(6-4-14)25(13-18-9-8-17(12-23)30-18)22(29)19-10-7-16(26)11-20(19)27/h3-11,26-27H,13H2,1-2H3. The van der Waals surface area contributed by atoms with E-state index in [0.717, 1.165) is 10.9 Å². The number of anilines is 1. The molecular weight excluding hydrogens is 402 g/mol. The normalized spacial score (nSPS) is 10.3. The van der Waals surface area contributed by atoms with Crippen LogP contribution in [0.3, 0.4) is 0 Å². The Morgan fingerprint density at radius 1 is 1.00 bits per heavy atom. The maximum absolute atomic E-state index is 13.2. The molecule has 2 aromatic carbocycles. The fourth-order valence-corrected chi connectivity index (χ4v) is 3.64. The molecule has 0 fully saturated rings. The summed E-state index contributed by atoms with van der Waals surface area (Å²) in [5.74, 6) is -1.13. The van der Waals surface area contributed by atoms with E-state index in [1.807, 2.05) is 0 Å². The molecule has 0 spiro atoms. The number of thiophene rings is 1. The highest BCUT2D eigenvalue weighted by Gasteiger charge is 2.22. The Bertz CT molecular complexity index is 1130. The summed E-state index contributed by atoms with van der Waals surface area (Å²) in [4.78, 5) is 29.6. The van der Waals surface area contributed by atoms with Crippen LogP contribution in [0.4, 0.5) is 5.69 Å². The molecule has 3 rings (SSSR count). The lowest BCUT2D eigenvalue weighted by atomic mass is 10.1. The second-order valence-electron chi connectivity index (χ2n) is 6.72. The number of phenols is 2. The van der Waals surface area contributed by atoms with Gasteiger partial charge >= 0.3 is 0 Å². The van der Waals surface area contributed by atoms with Crippen LogP contribution in [0.25, 0.3) is 0 Å². The van der Waals surface area contributed by atoms with E-state index >= 15 is 0 Å². The van der Waals surface area contributed by atoms with Crippen LogP contribution in [0.5, 0.6) is 11.5 Å². The van der Waals surface area contributed by atoms with Gasteiger partial charge in [0.15, 0.2) is 0 Å². The second kappa shape index (κ2) is 8.68. The largest absolute Gasteiger partial charge is 0.508 e. The van der Waals surface area contributed by atoms with E-state index < -0.39 is 5.91 Å². The lowest BCUT2D eigenvalue weighted by Gasteiger charge is -2.23. The van der Waals surface area contributed by atoms with Gasteiger partial charge in [-0.1, -0.05) is 0 Å². The third kappa shape index (κ3) is 4.42. The lowest BCUT2D eigenvalue weighted by Crippen LogP contribution is -2.30. The molecule has 7 nitrogen and oxygen atoms in total. The molecule has 1 aromatic heterocycles. The van der Waals surface area contributed by atoms with Crippen molar-refractivity contribution < 1.29 is 19.8 Å². The first kappa shape index (κ1) is 20.9. The Balaban J connectivity index is 1.99. The smallest absolute Gasteiger partial charge is 0.262 e. The van der Waals surface area contributed by atoms with Gasteiger partial charge in [0.1, 0.15) is 22.4 Å². The zero-order chi connectivity index (χ0) is 21.8. The highest BCUT2D eigenvalue weighted by molar-refractivity contribution is 7.12. The molecule has 0 aliphatic rings. The minimum atomic E-state index is -0.480. The van der Waals surface area contributed by atoms with Crippen LogP contribution in [-0.4, -0.2) is 41.0 Å². The number of benzene rings is 2. The Morgan fingerprint density at radius 2 is 1.70 bits per heavy atom. The van der Waals surface area contributed by atoms with Crippen molar-refractivity contribution in [1.82, 2.24) is 4.90 Å². The van der Waals surface area contributed by atoms with E-state index in [1.54, 1.807) is 50.5 Å². The topological polar surface area (TPSA) is 105 Å². The first-order valence-electron chi connectivity index (χ1n) is 8.94. The van der Waals surface area contributed by atoms with Gasteiger partial charge in [0.25, 0.3) is 11.8 Å². The summed E-state index contributed by atoms with van der Waals surface area (Å²) in [5.41, 5.74) is 1.03. The van der Waals surface area contributed by atoms with E-state index in [4.69, 9.17) is 5.26 Å². The summed E-state index contributed by atoms with van der Waals surface area (Å²) in [6.07, 6.45) is 0. The number of nitrogens with zero attached hydrogens (tertiary/aromatic N) is 3. The number of carbonyl (C=O) groups is 2. The molecule has 0 bridgehead atoms. The SMILES string of the molecule is CN(C)C(=O)c1ccc(N(Cc2ccc(C#N)s2)C(=O)c2ccc(O)cc2O)cc1. The molecule has 152 valence electrons. The number of carbonyl (C=O) groups excluding carboxylic acids is 2. The third-order valence-electron chi connectivity index (χ3n) is 4.37. The van der Waals surface area contributed by atoms with E-state index in [0.29, 0.717) is 16.1 Å². The van der Waals surface area contributed by atoms with Crippen LogP contribution in [0.2, 0.25) is 0 Å². The molecule has 30 heavy (non-hydrogen) atoms. The fourth-order valence-electron chi connectivity index (χ4n) is 2.85. The molecule has 0 saturated carbocycles. The van der Waals surface area contributed by atoms with Crippen molar-refractivity contribution in [2.45, 2.75) is 6.54 Å². The zero-order valence-corrected chi connectivity index (χ0v) is 17.2. The Kier molecular flexibility index (Phi) is 6.04. The summed E-state index contributed by atoms with van der Waals surface area (Å²) < 4.78 is 0. The summed E-state index contributed by atoms with van der Waals surface area (Å²) in [7, 11) is 3.31. The number of nitriles is 1. The Labute approximate surface area is 177 Å². The maximum Gasteiger partial charge on any atom is 0.262 e. The van der Waals surface area contributed by atoms with Gasteiger partial charge in [0.05, 0.1) is 12.1 Å². The van der Waals surface area contributed by atoms with Crippen LogP contribution >= 0.6 is 11.3 Å². The van der Waals surface area contributed by atoms with E-state index in [1.165, 1.54) is 33.3 Å². The number of rotatable bonds is 5. The monoisotopic (exact) mass is 421 g/mol. The van der Waals surface area contributed by atoms with Crippen molar-refractivity contribution in [1.29, 1.82) is 5.26 Å². The second-order valence-corrected chi connectivity index (χ2v) is 7.89.